The summed E-state index contributed by atoms with van der Waals surface area (Å²) in [5.74, 6) is -0.454. The second kappa shape index (κ2) is 6.52. The zero-order chi connectivity index (χ0) is 14.4. The van der Waals surface area contributed by atoms with Crippen molar-refractivity contribution in [1.29, 1.82) is 0 Å². The normalized spacial score (nSPS) is 9.85. The third kappa shape index (κ3) is 3.68. The van der Waals surface area contributed by atoms with Crippen molar-refractivity contribution in [3.05, 3.63) is 65.7 Å². The fraction of sp³-hybridized carbons (Fsp3) is 0.125. The maximum Gasteiger partial charge on any atom is 0.308 e. The van der Waals surface area contributed by atoms with Gasteiger partial charge in [0.15, 0.2) is 0 Å². The molecule has 0 unspecified atom stereocenters. The van der Waals surface area contributed by atoms with Crippen LogP contribution in [0.3, 0.4) is 0 Å². The Balaban J connectivity index is 2.07. The first-order valence-corrected chi connectivity index (χ1v) is 6.26. The summed E-state index contributed by atoms with van der Waals surface area (Å²) in [7, 11) is 0. The molecule has 4 nitrogen and oxygen atoms in total. The van der Waals surface area contributed by atoms with E-state index in [0.29, 0.717) is 12.1 Å². The molecule has 0 aromatic heterocycles. The minimum Gasteiger partial charge on any atom is -0.426 e. The van der Waals surface area contributed by atoms with E-state index >= 15 is 0 Å². The zero-order valence-electron chi connectivity index (χ0n) is 11.1. The van der Waals surface area contributed by atoms with Crippen LogP contribution in [0.1, 0.15) is 22.8 Å². The van der Waals surface area contributed by atoms with Gasteiger partial charge in [-0.2, -0.15) is 0 Å². The van der Waals surface area contributed by atoms with Crippen molar-refractivity contribution < 1.29 is 14.3 Å². The van der Waals surface area contributed by atoms with Crippen LogP contribution in [0.25, 0.3) is 0 Å². The molecule has 0 fully saturated rings. The highest BCUT2D eigenvalue weighted by Crippen LogP contribution is 2.18. The molecule has 0 bridgehead atoms. The molecule has 2 aromatic rings. The van der Waals surface area contributed by atoms with Gasteiger partial charge >= 0.3 is 5.97 Å². The van der Waals surface area contributed by atoms with E-state index in [2.05, 4.69) is 5.32 Å². The van der Waals surface area contributed by atoms with Gasteiger partial charge in [0.05, 0.1) is 5.56 Å². The minimum atomic E-state index is -0.451. The first kappa shape index (κ1) is 13.8. The van der Waals surface area contributed by atoms with Crippen LogP contribution >= 0.6 is 0 Å². The number of ether oxygens (including phenoxy) is 1. The van der Waals surface area contributed by atoms with Gasteiger partial charge in [-0.3, -0.25) is 9.59 Å². The van der Waals surface area contributed by atoms with Crippen LogP contribution in [-0.4, -0.2) is 11.9 Å². The second-order valence-corrected chi connectivity index (χ2v) is 4.26. The van der Waals surface area contributed by atoms with Gasteiger partial charge in [0.25, 0.3) is 5.91 Å². The highest BCUT2D eigenvalue weighted by Gasteiger charge is 2.12. The molecule has 0 atom stereocenters. The molecule has 0 aliphatic rings. The summed E-state index contributed by atoms with van der Waals surface area (Å²) in [6.45, 7) is 1.73. The van der Waals surface area contributed by atoms with Crippen molar-refractivity contribution in [3.63, 3.8) is 0 Å². The van der Waals surface area contributed by atoms with Gasteiger partial charge in [0, 0.05) is 13.5 Å². The van der Waals surface area contributed by atoms with E-state index in [0.717, 1.165) is 5.56 Å². The highest BCUT2D eigenvalue weighted by atomic mass is 16.5. The standard InChI is InChI=1S/C16H15NO3/c1-12(18)20-15-10-6-5-9-14(15)16(19)17-11-13-7-3-2-4-8-13/h2-10H,11H2,1H3,(H,17,19). The summed E-state index contributed by atoms with van der Waals surface area (Å²) in [4.78, 5) is 23.1. The summed E-state index contributed by atoms with van der Waals surface area (Å²) in [6.07, 6.45) is 0. The average Bonchev–Trinajstić information content (AvgIpc) is 2.46. The smallest absolute Gasteiger partial charge is 0.308 e. The summed E-state index contributed by atoms with van der Waals surface area (Å²) < 4.78 is 5.02. The molecule has 2 aromatic carbocycles. The van der Waals surface area contributed by atoms with Crippen LogP contribution in [0.4, 0.5) is 0 Å². The SMILES string of the molecule is CC(=O)Oc1ccccc1C(=O)NCc1ccccc1. The predicted molar refractivity (Wildman–Crippen MR) is 75.4 cm³/mol. The van der Waals surface area contributed by atoms with Gasteiger partial charge in [-0.1, -0.05) is 42.5 Å². The van der Waals surface area contributed by atoms with Gasteiger partial charge in [-0.25, -0.2) is 0 Å². The van der Waals surface area contributed by atoms with Crippen molar-refractivity contribution in [2.75, 3.05) is 0 Å². The number of rotatable bonds is 4. The van der Waals surface area contributed by atoms with Crippen LogP contribution in [-0.2, 0) is 11.3 Å². The number of amides is 1. The van der Waals surface area contributed by atoms with Gasteiger partial charge < -0.3 is 10.1 Å². The number of carbonyl (C=O) groups excluding carboxylic acids is 2. The fourth-order valence-electron chi connectivity index (χ4n) is 1.77. The van der Waals surface area contributed by atoms with E-state index in [1.54, 1.807) is 24.3 Å². The molecule has 0 saturated carbocycles. The molecule has 1 amide bonds. The van der Waals surface area contributed by atoms with E-state index < -0.39 is 5.97 Å². The lowest BCUT2D eigenvalue weighted by Gasteiger charge is -2.09. The van der Waals surface area contributed by atoms with Gasteiger partial charge in [0.2, 0.25) is 0 Å². The van der Waals surface area contributed by atoms with E-state index in [4.69, 9.17) is 4.74 Å². The Bertz CT molecular complexity index is 608. The van der Waals surface area contributed by atoms with Crippen molar-refractivity contribution in [3.8, 4) is 5.75 Å². The number of para-hydroxylation sites is 1. The lowest BCUT2D eigenvalue weighted by atomic mass is 10.1. The number of hydrogen-bond acceptors (Lipinski definition) is 3. The third-order valence-electron chi connectivity index (χ3n) is 2.68. The number of benzene rings is 2. The summed E-state index contributed by atoms with van der Waals surface area (Å²) >= 11 is 0. The molecular formula is C16H15NO3. The largest absolute Gasteiger partial charge is 0.426 e. The van der Waals surface area contributed by atoms with Crippen molar-refractivity contribution in [1.82, 2.24) is 5.32 Å². The molecule has 20 heavy (non-hydrogen) atoms. The van der Waals surface area contributed by atoms with Crippen molar-refractivity contribution in [2.45, 2.75) is 13.5 Å². The summed E-state index contributed by atoms with van der Waals surface area (Å²) in [6, 6.07) is 16.3. The fourth-order valence-corrected chi connectivity index (χ4v) is 1.77. The molecule has 0 heterocycles. The van der Waals surface area contributed by atoms with Crippen molar-refractivity contribution in [2.24, 2.45) is 0 Å². The molecule has 2 rings (SSSR count). The van der Waals surface area contributed by atoms with Crippen LogP contribution < -0.4 is 10.1 Å². The average molecular weight is 269 g/mol. The molecular weight excluding hydrogens is 254 g/mol. The maximum atomic E-state index is 12.1. The number of hydrogen-bond donors (Lipinski definition) is 1. The molecule has 0 aliphatic heterocycles. The van der Waals surface area contributed by atoms with E-state index in [1.165, 1.54) is 6.92 Å². The van der Waals surface area contributed by atoms with Crippen molar-refractivity contribution >= 4 is 11.9 Å². The van der Waals surface area contributed by atoms with Gasteiger partial charge in [-0.15, -0.1) is 0 Å². The highest BCUT2D eigenvalue weighted by molar-refractivity contribution is 5.97. The Morgan fingerprint density at radius 1 is 1.00 bits per heavy atom. The van der Waals surface area contributed by atoms with Crippen LogP contribution in [0.15, 0.2) is 54.6 Å². The zero-order valence-corrected chi connectivity index (χ0v) is 11.1. The third-order valence-corrected chi connectivity index (χ3v) is 2.68. The Kier molecular flexibility index (Phi) is 4.50. The lowest BCUT2D eigenvalue weighted by Crippen LogP contribution is -2.23. The molecule has 0 spiro atoms. The number of esters is 1. The first-order valence-electron chi connectivity index (χ1n) is 6.26. The number of nitrogens with one attached hydrogen (secondary N) is 1. The monoisotopic (exact) mass is 269 g/mol. The molecule has 0 radical (unpaired) electrons. The maximum absolute atomic E-state index is 12.1. The van der Waals surface area contributed by atoms with E-state index in [-0.39, 0.29) is 11.7 Å². The van der Waals surface area contributed by atoms with Crippen LogP contribution in [0.5, 0.6) is 5.75 Å². The lowest BCUT2D eigenvalue weighted by molar-refractivity contribution is -0.131. The topological polar surface area (TPSA) is 55.4 Å². The Morgan fingerprint density at radius 2 is 1.65 bits per heavy atom. The van der Waals surface area contributed by atoms with E-state index in [9.17, 15) is 9.59 Å². The van der Waals surface area contributed by atoms with Crippen LogP contribution in [0.2, 0.25) is 0 Å². The predicted octanol–water partition coefficient (Wildman–Crippen LogP) is 2.54. The molecule has 4 heteroatoms. The van der Waals surface area contributed by atoms with E-state index in [1.807, 2.05) is 30.3 Å². The quantitative estimate of drug-likeness (QED) is 0.685. The first-order chi connectivity index (χ1) is 9.66. The van der Waals surface area contributed by atoms with Gasteiger partial charge in [-0.05, 0) is 17.7 Å². The molecule has 0 saturated heterocycles. The van der Waals surface area contributed by atoms with Gasteiger partial charge in [0.1, 0.15) is 5.75 Å². The van der Waals surface area contributed by atoms with Crippen LogP contribution in [0, 0.1) is 0 Å². The Labute approximate surface area is 117 Å². The summed E-state index contributed by atoms with van der Waals surface area (Å²) in [5, 5.41) is 2.80. The Hall–Kier alpha value is -2.62. The summed E-state index contributed by atoms with van der Waals surface area (Å²) in [5.41, 5.74) is 1.35. The molecule has 102 valence electrons. The second-order valence-electron chi connectivity index (χ2n) is 4.26. The number of carbonyl (C=O) groups is 2. The molecule has 0 aliphatic carbocycles. The Morgan fingerprint density at radius 3 is 2.35 bits per heavy atom. The minimum absolute atomic E-state index is 0.269. The molecule has 1 N–H and O–H groups in total.